The maximum atomic E-state index is 12.8. The Morgan fingerprint density at radius 1 is 1.18 bits per heavy atom. The molecule has 2 aromatic rings. The van der Waals surface area contributed by atoms with Crippen LogP contribution >= 0.6 is 0 Å². The van der Waals surface area contributed by atoms with Gasteiger partial charge in [-0.15, -0.1) is 0 Å². The average Bonchev–Trinajstić information content (AvgIpc) is 3.43. The summed E-state index contributed by atoms with van der Waals surface area (Å²) in [7, 11) is -4.70. The largest absolute Gasteiger partial charge is 0.387 e. The summed E-state index contributed by atoms with van der Waals surface area (Å²) in [6.07, 6.45) is -1.29. The van der Waals surface area contributed by atoms with Crippen molar-refractivity contribution in [1.82, 2.24) is 29.6 Å². The topological polar surface area (TPSA) is 273 Å². The Kier molecular flexibility index (Phi) is 10.7. The molecule has 1 aliphatic heterocycles. The van der Waals surface area contributed by atoms with Gasteiger partial charge in [-0.3, -0.25) is 18.3 Å². The molecule has 2 amide bonds. The number of aromatic nitrogens is 4. The Bertz CT molecular complexity index is 1270. The van der Waals surface area contributed by atoms with Crippen molar-refractivity contribution in [2.45, 2.75) is 76.2 Å². The first-order valence-corrected chi connectivity index (χ1v) is 14.2. The molecule has 1 aliphatic rings. The zero-order chi connectivity index (χ0) is 29.6. The molecule has 17 nitrogen and oxygen atoms in total. The highest BCUT2D eigenvalue weighted by atomic mass is 32.2. The van der Waals surface area contributed by atoms with Crippen LogP contribution in [0.2, 0.25) is 0 Å². The quantitative estimate of drug-likeness (QED) is 0.112. The number of nitrogens with zero attached hydrogens (tertiary/aromatic N) is 4. The Balaban J connectivity index is 1.61. The molecular weight excluding hydrogens is 550 g/mol. The number of aliphatic hydroxyl groups is 2. The van der Waals surface area contributed by atoms with Gasteiger partial charge < -0.3 is 37.5 Å². The zero-order valence-corrected chi connectivity index (χ0v) is 23.0. The molecule has 0 aromatic carbocycles. The van der Waals surface area contributed by atoms with Gasteiger partial charge in [-0.2, -0.15) is 8.42 Å². The fraction of sp³-hybridized carbons (Fsp3) is 0.682. The number of nitrogens with two attached hydrogens (primary N) is 3. The highest BCUT2D eigenvalue weighted by Gasteiger charge is 2.45. The van der Waals surface area contributed by atoms with Gasteiger partial charge in [-0.25, -0.2) is 19.7 Å². The van der Waals surface area contributed by atoms with Crippen molar-refractivity contribution >= 4 is 39.1 Å². The van der Waals surface area contributed by atoms with Crippen LogP contribution in [0.15, 0.2) is 12.7 Å². The summed E-state index contributed by atoms with van der Waals surface area (Å²) in [5.74, 6) is -1.60. The minimum absolute atomic E-state index is 0.0755. The molecule has 0 bridgehead atoms. The van der Waals surface area contributed by atoms with Gasteiger partial charge in [0.05, 0.1) is 19.0 Å². The second kappa shape index (κ2) is 13.6. The van der Waals surface area contributed by atoms with Gasteiger partial charge in [0.15, 0.2) is 17.7 Å². The monoisotopic (exact) mass is 587 g/mol. The molecular formula is C22H37N9O8S. The summed E-state index contributed by atoms with van der Waals surface area (Å²) in [6, 6.07) is -2.09. The van der Waals surface area contributed by atoms with Crippen molar-refractivity contribution in [3.63, 3.8) is 0 Å². The van der Waals surface area contributed by atoms with Crippen LogP contribution in [0.25, 0.3) is 11.2 Å². The standard InChI is InChI=1S/C22H37N9O8S/c1-11(2)7-13(29-20(34)12(24)5-3-4-6-23)21(35)30-40(36,37)38-8-14-16(32)17(33)22(39-14)31-10-28-15-18(25)26-9-27-19(15)31/h9-14,16-17,22,32-33H,3-8,23-24H2,1-2H3,(H,29,34)(H,30,35)(H2,25,26,27)/t12-,13-,14+,16+,17+,22+/m0/s1. The number of nitrogens with one attached hydrogen (secondary N) is 2. The van der Waals surface area contributed by atoms with E-state index in [0.717, 1.165) is 0 Å². The average molecular weight is 588 g/mol. The number of ether oxygens (including phenoxy) is 1. The van der Waals surface area contributed by atoms with E-state index < -0.39 is 65.3 Å². The van der Waals surface area contributed by atoms with Crippen molar-refractivity contribution in [2.24, 2.45) is 17.4 Å². The molecule has 1 fully saturated rings. The fourth-order valence-corrected chi connectivity index (χ4v) is 4.92. The van der Waals surface area contributed by atoms with Gasteiger partial charge in [0.2, 0.25) is 5.91 Å². The lowest BCUT2D eigenvalue weighted by Crippen LogP contribution is -2.53. The molecule has 0 aliphatic carbocycles. The van der Waals surface area contributed by atoms with Gasteiger partial charge >= 0.3 is 10.3 Å². The predicted molar refractivity (Wildman–Crippen MR) is 141 cm³/mol. The third-order valence-corrected chi connectivity index (χ3v) is 7.16. The Labute approximate surface area is 231 Å². The van der Waals surface area contributed by atoms with Crippen LogP contribution in [0.4, 0.5) is 5.82 Å². The number of amides is 2. The highest BCUT2D eigenvalue weighted by molar-refractivity contribution is 7.85. The summed E-state index contributed by atoms with van der Waals surface area (Å²) in [5.41, 5.74) is 17.6. The van der Waals surface area contributed by atoms with Crippen LogP contribution in [0, 0.1) is 5.92 Å². The second-order valence-electron chi connectivity index (χ2n) is 9.92. The van der Waals surface area contributed by atoms with E-state index in [0.29, 0.717) is 25.8 Å². The van der Waals surface area contributed by atoms with E-state index in [-0.39, 0.29) is 29.3 Å². The van der Waals surface area contributed by atoms with Crippen LogP contribution < -0.4 is 27.2 Å². The number of anilines is 1. The lowest BCUT2D eigenvalue weighted by Gasteiger charge is -2.22. The first kappa shape index (κ1) is 31.5. The van der Waals surface area contributed by atoms with E-state index in [1.807, 2.05) is 0 Å². The lowest BCUT2D eigenvalue weighted by molar-refractivity contribution is -0.129. The van der Waals surface area contributed by atoms with Gasteiger partial charge in [0.1, 0.15) is 36.2 Å². The van der Waals surface area contributed by atoms with Crippen molar-refractivity contribution in [1.29, 1.82) is 0 Å². The second-order valence-corrected chi connectivity index (χ2v) is 11.3. The number of fused-ring (bicyclic) bond motifs is 1. The summed E-state index contributed by atoms with van der Waals surface area (Å²) in [4.78, 5) is 37.2. The predicted octanol–water partition coefficient (Wildman–Crippen LogP) is -2.61. The first-order chi connectivity index (χ1) is 18.8. The smallest absolute Gasteiger partial charge is 0.362 e. The summed E-state index contributed by atoms with van der Waals surface area (Å²) < 4.78 is 38.7. The lowest BCUT2D eigenvalue weighted by atomic mass is 10.0. The maximum absolute atomic E-state index is 12.8. The van der Waals surface area contributed by atoms with Crippen molar-refractivity contribution in [2.75, 3.05) is 18.9 Å². The molecule has 0 unspecified atom stereocenters. The number of imidazole rings is 1. The maximum Gasteiger partial charge on any atom is 0.362 e. The molecule has 40 heavy (non-hydrogen) atoms. The van der Waals surface area contributed by atoms with Crippen molar-refractivity contribution in [3.8, 4) is 0 Å². The number of carbonyl (C=O) groups excluding carboxylic acids is 2. The SMILES string of the molecule is CC(C)C[C@H](NC(=O)[C@@H](N)CCCCN)C(=O)NS(=O)(=O)OC[C@H]1O[C@@H](n2cnc3c(N)ncnc32)[C@H](O)[C@@H]1O. The molecule has 3 heterocycles. The number of aliphatic hydroxyl groups excluding tert-OH is 2. The normalized spacial score (nSPS) is 22.9. The summed E-state index contributed by atoms with van der Waals surface area (Å²) in [5, 5.41) is 23.5. The molecule has 224 valence electrons. The molecule has 2 aromatic heterocycles. The number of rotatable bonds is 14. The van der Waals surface area contributed by atoms with Gasteiger partial charge in [0.25, 0.3) is 5.91 Å². The Hall–Kier alpha value is -3.00. The van der Waals surface area contributed by atoms with Crippen molar-refractivity contribution < 1.29 is 37.1 Å². The molecule has 6 atom stereocenters. The number of hydrogen-bond donors (Lipinski definition) is 7. The van der Waals surface area contributed by atoms with E-state index in [4.69, 9.17) is 26.1 Å². The Morgan fingerprint density at radius 3 is 2.58 bits per heavy atom. The van der Waals surface area contributed by atoms with Crippen LogP contribution in [-0.2, 0) is 28.8 Å². The van der Waals surface area contributed by atoms with E-state index in [1.54, 1.807) is 18.6 Å². The fourth-order valence-electron chi connectivity index (χ4n) is 4.15. The van der Waals surface area contributed by atoms with Crippen LogP contribution in [-0.4, -0.2) is 93.5 Å². The summed E-state index contributed by atoms with van der Waals surface area (Å²) >= 11 is 0. The summed E-state index contributed by atoms with van der Waals surface area (Å²) in [6.45, 7) is 3.30. The minimum atomic E-state index is -4.70. The number of carbonyl (C=O) groups is 2. The van der Waals surface area contributed by atoms with Gasteiger partial charge in [-0.1, -0.05) is 20.3 Å². The number of nitrogen functional groups attached to an aromatic ring is 1. The molecule has 0 spiro atoms. The molecule has 1 saturated heterocycles. The van der Waals surface area contributed by atoms with Crippen LogP contribution in [0.5, 0.6) is 0 Å². The molecule has 18 heteroatoms. The van der Waals surface area contributed by atoms with Gasteiger partial charge in [-0.05, 0) is 31.7 Å². The van der Waals surface area contributed by atoms with Crippen molar-refractivity contribution in [3.05, 3.63) is 12.7 Å². The van der Waals surface area contributed by atoms with E-state index in [2.05, 4.69) is 20.3 Å². The Morgan fingerprint density at radius 2 is 1.90 bits per heavy atom. The molecule has 10 N–H and O–H groups in total. The van der Waals surface area contributed by atoms with E-state index in [1.165, 1.54) is 17.2 Å². The van der Waals surface area contributed by atoms with Crippen LogP contribution in [0.1, 0.15) is 45.8 Å². The highest BCUT2D eigenvalue weighted by Crippen LogP contribution is 2.32. The molecule has 0 saturated carbocycles. The third-order valence-electron chi connectivity index (χ3n) is 6.26. The minimum Gasteiger partial charge on any atom is -0.387 e. The van der Waals surface area contributed by atoms with E-state index >= 15 is 0 Å². The number of hydrogen-bond acceptors (Lipinski definition) is 14. The van der Waals surface area contributed by atoms with Gasteiger partial charge in [0, 0.05) is 0 Å². The molecule has 3 rings (SSSR count). The van der Waals surface area contributed by atoms with Crippen LogP contribution in [0.3, 0.4) is 0 Å². The third kappa shape index (κ3) is 7.80. The zero-order valence-electron chi connectivity index (χ0n) is 22.2. The first-order valence-electron chi connectivity index (χ1n) is 12.8. The molecule has 0 radical (unpaired) electrons. The number of unbranched alkanes of at least 4 members (excludes halogenated alkanes) is 1. The van der Waals surface area contributed by atoms with E-state index in [9.17, 15) is 28.2 Å².